The summed E-state index contributed by atoms with van der Waals surface area (Å²) in [5, 5.41) is 0.802. The van der Waals surface area contributed by atoms with Crippen LogP contribution in [0, 0.1) is 3.57 Å². The summed E-state index contributed by atoms with van der Waals surface area (Å²) >= 11 is 11.6. The van der Waals surface area contributed by atoms with Crippen LogP contribution in [0.5, 0.6) is 0 Å². The first-order valence-corrected chi connectivity index (χ1v) is 6.63. The summed E-state index contributed by atoms with van der Waals surface area (Å²) < 4.78 is 2.17. The maximum Gasteiger partial charge on any atom is 0.0539 e. The molecule has 0 atom stereocenters. The smallest absolute Gasteiger partial charge is 0.0539 e. The molecule has 0 aliphatic heterocycles. The van der Waals surface area contributed by atoms with E-state index in [9.17, 15) is 0 Å². The van der Waals surface area contributed by atoms with Crippen LogP contribution in [-0.4, -0.2) is 0 Å². The molecule has 0 aliphatic rings. The number of hydrogen-bond acceptors (Lipinski definition) is 0. The van der Waals surface area contributed by atoms with Crippen molar-refractivity contribution in [3.63, 3.8) is 0 Å². The second kappa shape index (κ2) is 4.85. The molecule has 0 aromatic heterocycles. The molecule has 2 aromatic rings. The molecular formula is C12H7BrClI. The molecule has 0 nitrogen and oxygen atoms in total. The lowest BCUT2D eigenvalue weighted by molar-refractivity contribution is 1.57. The highest BCUT2D eigenvalue weighted by Gasteiger charge is 2.01. The van der Waals surface area contributed by atoms with Crippen LogP contribution in [0.3, 0.4) is 0 Å². The minimum atomic E-state index is 0.802. The Balaban J connectivity index is 2.45. The molecule has 0 N–H and O–H groups in total. The second-order valence-corrected chi connectivity index (χ2v) is 5.62. The molecule has 0 aliphatic carbocycles. The Labute approximate surface area is 116 Å². The minimum Gasteiger partial charge on any atom is -0.0832 e. The molecule has 0 saturated carbocycles. The molecule has 0 amide bonds. The van der Waals surface area contributed by atoms with Crippen molar-refractivity contribution in [3.8, 4) is 11.1 Å². The van der Waals surface area contributed by atoms with Gasteiger partial charge in [0.15, 0.2) is 0 Å². The summed E-state index contributed by atoms with van der Waals surface area (Å²) in [5.74, 6) is 0. The maximum atomic E-state index is 5.98. The molecule has 76 valence electrons. The fourth-order valence-electron chi connectivity index (χ4n) is 1.32. The summed E-state index contributed by atoms with van der Waals surface area (Å²) in [7, 11) is 0. The van der Waals surface area contributed by atoms with E-state index in [1.54, 1.807) is 0 Å². The van der Waals surface area contributed by atoms with Crippen molar-refractivity contribution < 1.29 is 0 Å². The van der Waals surface area contributed by atoms with E-state index in [2.05, 4.69) is 56.7 Å². The quantitative estimate of drug-likeness (QED) is 0.571. The molecule has 15 heavy (non-hydrogen) atoms. The molecule has 0 heterocycles. The van der Waals surface area contributed by atoms with Gasteiger partial charge in [0.25, 0.3) is 0 Å². The predicted molar refractivity (Wildman–Crippen MR) is 77.3 cm³/mol. The fourth-order valence-corrected chi connectivity index (χ4v) is 2.22. The Hall–Kier alpha value is -0.0600. The third kappa shape index (κ3) is 2.74. The summed E-state index contributed by atoms with van der Waals surface area (Å²) in [6, 6.07) is 14.3. The number of hydrogen-bond donors (Lipinski definition) is 0. The third-order valence-electron chi connectivity index (χ3n) is 2.10. The molecule has 0 bridgehead atoms. The SMILES string of the molecule is Clc1ccc(-c2ccc(Br)cc2)cc1I. The largest absolute Gasteiger partial charge is 0.0832 e. The highest BCUT2D eigenvalue weighted by atomic mass is 127. The Kier molecular flexibility index (Phi) is 3.69. The van der Waals surface area contributed by atoms with E-state index in [0.717, 1.165) is 13.1 Å². The van der Waals surface area contributed by atoms with Crippen LogP contribution in [0.2, 0.25) is 5.02 Å². The zero-order chi connectivity index (χ0) is 10.8. The molecule has 0 fully saturated rings. The van der Waals surface area contributed by atoms with Crippen molar-refractivity contribution in [1.82, 2.24) is 0 Å². The molecule has 2 rings (SSSR count). The van der Waals surface area contributed by atoms with E-state index in [-0.39, 0.29) is 0 Å². The standard InChI is InChI=1S/C12H7BrClI/c13-10-4-1-8(2-5-10)9-3-6-11(14)12(15)7-9/h1-7H. The first kappa shape index (κ1) is 11.4. The van der Waals surface area contributed by atoms with E-state index in [4.69, 9.17) is 11.6 Å². The summed E-state index contributed by atoms with van der Waals surface area (Å²) in [6.45, 7) is 0. The van der Waals surface area contributed by atoms with Crippen LogP contribution in [0.25, 0.3) is 11.1 Å². The van der Waals surface area contributed by atoms with E-state index in [1.165, 1.54) is 11.1 Å². The van der Waals surface area contributed by atoms with Gasteiger partial charge >= 0.3 is 0 Å². The Morgan fingerprint density at radius 3 is 2.13 bits per heavy atom. The van der Waals surface area contributed by atoms with Crippen LogP contribution in [0.15, 0.2) is 46.9 Å². The molecular weight excluding hydrogens is 386 g/mol. The normalized spacial score (nSPS) is 10.3. The number of halogens is 3. The summed E-state index contributed by atoms with van der Waals surface area (Å²) in [6.07, 6.45) is 0. The van der Waals surface area contributed by atoms with Crippen molar-refractivity contribution in [2.45, 2.75) is 0 Å². The fraction of sp³-hybridized carbons (Fsp3) is 0. The Morgan fingerprint density at radius 2 is 1.53 bits per heavy atom. The minimum absolute atomic E-state index is 0.802. The first-order valence-electron chi connectivity index (χ1n) is 4.38. The summed E-state index contributed by atoms with van der Waals surface area (Å²) in [5.41, 5.74) is 2.39. The average Bonchev–Trinajstić information content (AvgIpc) is 2.23. The van der Waals surface area contributed by atoms with E-state index < -0.39 is 0 Å². The van der Waals surface area contributed by atoms with Gasteiger partial charge in [0.2, 0.25) is 0 Å². The van der Waals surface area contributed by atoms with E-state index >= 15 is 0 Å². The lowest BCUT2D eigenvalue weighted by Crippen LogP contribution is -1.80. The van der Waals surface area contributed by atoms with E-state index in [0.29, 0.717) is 0 Å². The van der Waals surface area contributed by atoms with Gasteiger partial charge in [0.05, 0.1) is 5.02 Å². The number of rotatable bonds is 1. The van der Waals surface area contributed by atoms with Crippen LogP contribution in [0.4, 0.5) is 0 Å². The highest BCUT2D eigenvalue weighted by Crippen LogP contribution is 2.27. The van der Waals surface area contributed by atoms with Gasteiger partial charge in [-0.1, -0.05) is 45.7 Å². The predicted octanol–water partition coefficient (Wildman–Crippen LogP) is 5.37. The zero-order valence-corrected chi connectivity index (χ0v) is 12.2. The topological polar surface area (TPSA) is 0 Å². The lowest BCUT2D eigenvalue weighted by Gasteiger charge is -2.03. The van der Waals surface area contributed by atoms with Crippen molar-refractivity contribution in [1.29, 1.82) is 0 Å². The third-order valence-corrected chi connectivity index (χ3v) is 4.17. The molecule has 0 unspecified atom stereocenters. The van der Waals surface area contributed by atoms with Crippen LogP contribution in [-0.2, 0) is 0 Å². The summed E-state index contributed by atoms with van der Waals surface area (Å²) in [4.78, 5) is 0. The molecule has 0 saturated heterocycles. The monoisotopic (exact) mass is 392 g/mol. The zero-order valence-electron chi connectivity index (χ0n) is 7.68. The van der Waals surface area contributed by atoms with Gasteiger partial charge in [0, 0.05) is 8.04 Å². The van der Waals surface area contributed by atoms with Gasteiger partial charge in [-0.3, -0.25) is 0 Å². The Morgan fingerprint density at radius 1 is 0.933 bits per heavy atom. The van der Waals surface area contributed by atoms with Crippen LogP contribution < -0.4 is 0 Å². The van der Waals surface area contributed by atoms with E-state index in [1.807, 2.05) is 24.3 Å². The van der Waals surface area contributed by atoms with Crippen LogP contribution >= 0.6 is 50.1 Å². The molecule has 0 spiro atoms. The number of benzene rings is 2. The molecule has 3 heteroatoms. The van der Waals surface area contributed by atoms with Crippen molar-refractivity contribution >= 4 is 50.1 Å². The van der Waals surface area contributed by atoms with Gasteiger partial charge in [-0.2, -0.15) is 0 Å². The van der Waals surface area contributed by atoms with Crippen molar-refractivity contribution in [2.75, 3.05) is 0 Å². The Bertz CT molecular complexity index is 479. The van der Waals surface area contributed by atoms with Gasteiger partial charge < -0.3 is 0 Å². The van der Waals surface area contributed by atoms with Gasteiger partial charge in [0.1, 0.15) is 0 Å². The molecule has 2 aromatic carbocycles. The van der Waals surface area contributed by atoms with Gasteiger partial charge in [-0.25, -0.2) is 0 Å². The van der Waals surface area contributed by atoms with Gasteiger partial charge in [-0.05, 0) is 58.0 Å². The highest BCUT2D eigenvalue weighted by molar-refractivity contribution is 14.1. The van der Waals surface area contributed by atoms with Gasteiger partial charge in [-0.15, -0.1) is 0 Å². The average molecular weight is 393 g/mol. The molecule has 0 radical (unpaired) electrons. The second-order valence-electron chi connectivity index (χ2n) is 3.14. The maximum absolute atomic E-state index is 5.98. The van der Waals surface area contributed by atoms with Crippen LogP contribution in [0.1, 0.15) is 0 Å². The van der Waals surface area contributed by atoms with Crippen molar-refractivity contribution in [3.05, 3.63) is 55.5 Å². The van der Waals surface area contributed by atoms with Crippen molar-refractivity contribution in [2.24, 2.45) is 0 Å². The first-order chi connectivity index (χ1) is 7.16. The lowest BCUT2D eigenvalue weighted by atomic mass is 10.1.